The average Bonchev–Trinajstić information content (AvgIpc) is 2.82. The highest BCUT2D eigenvalue weighted by atomic mass is 16.6. The van der Waals surface area contributed by atoms with Gasteiger partial charge >= 0.3 is 5.69 Å². The summed E-state index contributed by atoms with van der Waals surface area (Å²) in [7, 11) is 0. The molecule has 6 nitrogen and oxygen atoms in total. The first-order chi connectivity index (χ1) is 8.20. The molecule has 1 fully saturated rings. The molecule has 0 bridgehead atoms. The minimum Gasteiger partial charge on any atom is -0.362 e. The van der Waals surface area contributed by atoms with Gasteiger partial charge in [-0.3, -0.25) is 10.1 Å². The fraction of sp³-hybridized carbons (Fsp3) is 0.455. The highest BCUT2D eigenvalue weighted by molar-refractivity contribution is 5.58. The monoisotopic (exact) mass is 232 g/mol. The van der Waals surface area contributed by atoms with Crippen molar-refractivity contribution in [3.8, 4) is 6.07 Å². The maximum atomic E-state index is 10.9. The van der Waals surface area contributed by atoms with Gasteiger partial charge in [-0.2, -0.15) is 5.26 Å². The van der Waals surface area contributed by atoms with Crippen LogP contribution in [0.3, 0.4) is 0 Å². The van der Waals surface area contributed by atoms with Crippen molar-refractivity contribution in [2.45, 2.75) is 31.7 Å². The Kier molecular flexibility index (Phi) is 3.19. The molecule has 0 aliphatic heterocycles. The van der Waals surface area contributed by atoms with Gasteiger partial charge in [0.15, 0.2) is 0 Å². The molecule has 0 unspecified atom stereocenters. The Balaban J connectivity index is 2.26. The number of nitro groups is 1. The smallest absolute Gasteiger partial charge is 0.312 e. The topological polar surface area (TPSA) is 91.8 Å². The summed E-state index contributed by atoms with van der Waals surface area (Å²) in [6.45, 7) is 0. The molecule has 0 aromatic carbocycles. The SMILES string of the molecule is N#Cc1cnc(NC2CCCC2)c([N+](=O)[O-])c1. The Bertz CT molecular complexity index is 475. The van der Waals surface area contributed by atoms with E-state index in [4.69, 9.17) is 5.26 Å². The van der Waals surface area contributed by atoms with E-state index in [2.05, 4.69) is 10.3 Å². The number of nitrogens with one attached hydrogen (secondary N) is 1. The summed E-state index contributed by atoms with van der Waals surface area (Å²) in [5.41, 5.74) is 0.0737. The molecule has 0 saturated heterocycles. The van der Waals surface area contributed by atoms with Gasteiger partial charge in [0.1, 0.15) is 6.07 Å². The van der Waals surface area contributed by atoms with Crippen LogP contribution in [0.25, 0.3) is 0 Å². The summed E-state index contributed by atoms with van der Waals surface area (Å²) in [6, 6.07) is 3.36. The standard InChI is InChI=1S/C11H12N4O2/c12-6-8-5-10(15(16)17)11(13-7-8)14-9-3-1-2-4-9/h5,7,9H,1-4H2,(H,13,14). The molecule has 1 N–H and O–H groups in total. The number of rotatable bonds is 3. The Labute approximate surface area is 98.4 Å². The van der Waals surface area contributed by atoms with E-state index in [0.29, 0.717) is 0 Å². The van der Waals surface area contributed by atoms with Gasteiger partial charge in [-0.1, -0.05) is 12.8 Å². The number of anilines is 1. The number of aromatic nitrogens is 1. The first kappa shape index (κ1) is 11.3. The lowest BCUT2D eigenvalue weighted by Crippen LogP contribution is -2.16. The van der Waals surface area contributed by atoms with E-state index in [9.17, 15) is 10.1 Å². The first-order valence-electron chi connectivity index (χ1n) is 5.52. The van der Waals surface area contributed by atoms with Gasteiger partial charge in [-0.05, 0) is 12.8 Å². The van der Waals surface area contributed by atoms with Crippen molar-refractivity contribution in [3.05, 3.63) is 27.9 Å². The van der Waals surface area contributed by atoms with E-state index < -0.39 is 4.92 Å². The molecule has 0 atom stereocenters. The average molecular weight is 232 g/mol. The van der Waals surface area contributed by atoms with Crippen LogP contribution < -0.4 is 5.32 Å². The normalized spacial score (nSPS) is 15.5. The third-order valence-electron chi connectivity index (χ3n) is 2.89. The van der Waals surface area contributed by atoms with Crippen LogP contribution in [0.5, 0.6) is 0 Å². The lowest BCUT2D eigenvalue weighted by molar-refractivity contribution is -0.384. The molecule has 1 aromatic heterocycles. The van der Waals surface area contributed by atoms with E-state index in [1.165, 1.54) is 12.3 Å². The Morgan fingerprint density at radius 1 is 1.53 bits per heavy atom. The molecule has 1 aliphatic rings. The van der Waals surface area contributed by atoms with Crippen molar-refractivity contribution in [3.63, 3.8) is 0 Å². The van der Waals surface area contributed by atoms with Crippen LogP contribution in [0.2, 0.25) is 0 Å². The highest BCUT2D eigenvalue weighted by Gasteiger charge is 2.21. The van der Waals surface area contributed by atoms with Crippen LogP contribution >= 0.6 is 0 Å². The van der Waals surface area contributed by atoms with Gasteiger partial charge in [-0.15, -0.1) is 0 Å². The second-order valence-corrected chi connectivity index (χ2v) is 4.09. The largest absolute Gasteiger partial charge is 0.362 e. The van der Waals surface area contributed by atoms with Gasteiger partial charge in [0.25, 0.3) is 0 Å². The maximum Gasteiger partial charge on any atom is 0.312 e. The minimum absolute atomic E-state index is 0.129. The molecule has 1 saturated carbocycles. The zero-order valence-electron chi connectivity index (χ0n) is 9.22. The first-order valence-corrected chi connectivity index (χ1v) is 5.52. The fourth-order valence-corrected chi connectivity index (χ4v) is 2.03. The summed E-state index contributed by atoms with van der Waals surface area (Å²) < 4.78 is 0. The van der Waals surface area contributed by atoms with Crippen molar-refractivity contribution in [1.29, 1.82) is 5.26 Å². The molecule has 88 valence electrons. The van der Waals surface area contributed by atoms with Crippen molar-refractivity contribution < 1.29 is 4.92 Å². The van der Waals surface area contributed by atoms with Crippen LogP contribution in [0.15, 0.2) is 12.3 Å². The molecule has 1 heterocycles. The lowest BCUT2D eigenvalue weighted by atomic mass is 10.2. The van der Waals surface area contributed by atoms with E-state index in [1.54, 1.807) is 0 Å². The van der Waals surface area contributed by atoms with Gasteiger partial charge in [-0.25, -0.2) is 4.98 Å². The van der Waals surface area contributed by atoms with Crippen molar-refractivity contribution >= 4 is 11.5 Å². The molecule has 0 amide bonds. The van der Waals surface area contributed by atoms with E-state index in [1.807, 2.05) is 6.07 Å². The second kappa shape index (κ2) is 4.78. The summed E-state index contributed by atoms with van der Waals surface area (Å²) in [5, 5.41) is 22.6. The Morgan fingerprint density at radius 2 is 2.24 bits per heavy atom. The van der Waals surface area contributed by atoms with E-state index in [0.717, 1.165) is 25.7 Å². The molecule has 0 radical (unpaired) electrons. The van der Waals surface area contributed by atoms with E-state index in [-0.39, 0.29) is 23.1 Å². The lowest BCUT2D eigenvalue weighted by Gasteiger charge is -2.12. The zero-order chi connectivity index (χ0) is 12.3. The quantitative estimate of drug-likeness (QED) is 0.637. The molecular weight excluding hydrogens is 220 g/mol. The molecule has 17 heavy (non-hydrogen) atoms. The second-order valence-electron chi connectivity index (χ2n) is 4.09. The van der Waals surface area contributed by atoms with Crippen LogP contribution in [0.1, 0.15) is 31.2 Å². The number of hydrogen-bond donors (Lipinski definition) is 1. The van der Waals surface area contributed by atoms with Crippen molar-refractivity contribution in [2.75, 3.05) is 5.32 Å². The van der Waals surface area contributed by atoms with Crippen LogP contribution in [-0.4, -0.2) is 15.9 Å². The Hall–Kier alpha value is -2.16. The Morgan fingerprint density at radius 3 is 2.82 bits per heavy atom. The predicted octanol–water partition coefficient (Wildman–Crippen LogP) is 2.22. The predicted molar refractivity (Wildman–Crippen MR) is 61.5 cm³/mol. The van der Waals surface area contributed by atoms with Gasteiger partial charge < -0.3 is 5.32 Å². The summed E-state index contributed by atoms with van der Waals surface area (Å²) in [4.78, 5) is 14.3. The van der Waals surface area contributed by atoms with Crippen molar-refractivity contribution in [1.82, 2.24) is 4.98 Å². The zero-order valence-corrected chi connectivity index (χ0v) is 9.22. The molecule has 1 aliphatic carbocycles. The summed E-state index contributed by atoms with van der Waals surface area (Å²) >= 11 is 0. The number of nitriles is 1. The summed E-state index contributed by atoms with van der Waals surface area (Å²) in [6.07, 6.45) is 5.66. The number of hydrogen-bond acceptors (Lipinski definition) is 5. The van der Waals surface area contributed by atoms with E-state index >= 15 is 0 Å². The van der Waals surface area contributed by atoms with Gasteiger partial charge in [0, 0.05) is 18.3 Å². The van der Waals surface area contributed by atoms with Gasteiger partial charge in [0.2, 0.25) is 5.82 Å². The van der Waals surface area contributed by atoms with Crippen LogP contribution in [0, 0.1) is 21.4 Å². The van der Waals surface area contributed by atoms with Gasteiger partial charge in [0.05, 0.1) is 10.5 Å². The third-order valence-corrected chi connectivity index (χ3v) is 2.89. The van der Waals surface area contributed by atoms with Crippen LogP contribution in [-0.2, 0) is 0 Å². The van der Waals surface area contributed by atoms with Crippen LogP contribution in [0.4, 0.5) is 11.5 Å². The summed E-state index contributed by atoms with van der Waals surface area (Å²) in [5.74, 6) is 0.265. The molecule has 0 spiro atoms. The minimum atomic E-state index is -0.509. The maximum absolute atomic E-state index is 10.9. The molecule has 2 rings (SSSR count). The molecule has 1 aromatic rings. The third kappa shape index (κ3) is 2.50. The van der Waals surface area contributed by atoms with Crippen molar-refractivity contribution in [2.24, 2.45) is 0 Å². The fourth-order valence-electron chi connectivity index (χ4n) is 2.03. The highest BCUT2D eigenvalue weighted by Crippen LogP contribution is 2.27. The number of nitrogens with zero attached hydrogens (tertiary/aromatic N) is 3. The molecular formula is C11H12N4O2. The number of pyridine rings is 1. The molecule has 6 heteroatoms.